The van der Waals surface area contributed by atoms with Crippen LogP contribution in [0.5, 0.6) is 0 Å². The normalized spacial score (nSPS) is 10.5. The van der Waals surface area contributed by atoms with Crippen molar-refractivity contribution in [2.75, 3.05) is 66.4 Å². The molecule has 0 aliphatic rings. The summed E-state index contributed by atoms with van der Waals surface area (Å²) in [5, 5.41) is 18.1. The predicted octanol–water partition coefficient (Wildman–Crippen LogP) is 9.00. The smallest absolute Gasteiger partial charge is 0.333 e. The minimum absolute atomic E-state index is 0. The molecule has 0 fully saturated rings. The van der Waals surface area contributed by atoms with Gasteiger partial charge in [0.05, 0.1) is 20.6 Å². The van der Waals surface area contributed by atoms with E-state index in [0.29, 0.717) is 37.2 Å². The van der Waals surface area contributed by atoms with Crippen LogP contribution in [-0.4, -0.2) is 110 Å². The van der Waals surface area contributed by atoms with Crippen LogP contribution in [0.2, 0.25) is 0 Å². The van der Waals surface area contributed by atoms with Crippen LogP contribution in [0.15, 0.2) is 24.3 Å². The minimum atomic E-state index is -0.690. The van der Waals surface area contributed by atoms with Crippen LogP contribution < -0.4 is 0 Å². The molecule has 296 valence electrons. The molecule has 0 spiro atoms. The van der Waals surface area contributed by atoms with E-state index in [1.165, 1.54) is 70.6 Å². The van der Waals surface area contributed by atoms with E-state index >= 15 is 0 Å². The molecule has 0 radical (unpaired) electrons. The lowest BCUT2D eigenvalue weighted by Gasteiger charge is -2.29. The second-order valence-electron chi connectivity index (χ2n) is 13.7. The minimum Gasteiger partial charge on any atom is -0.481 e. The lowest BCUT2D eigenvalue weighted by Crippen LogP contribution is -2.43. The first-order valence-corrected chi connectivity index (χ1v) is 19.3. The Hall–Kier alpha value is -1.76. The van der Waals surface area contributed by atoms with E-state index in [1.807, 2.05) is 19.0 Å². The summed E-state index contributed by atoms with van der Waals surface area (Å²) in [6.07, 6.45) is 19.3. The fourth-order valence-corrected chi connectivity index (χ4v) is 4.77. The van der Waals surface area contributed by atoms with Gasteiger partial charge in [-0.3, -0.25) is 9.59 Å². The molecular formula is C38H73Br2N2O8+. The number of esters is 2. The maximum Gasteiger partial charge on any atom is 0.333 e. The Labute approximate surface area is 323 Å². The van der Waals surface area contributed by atoms with Crippen molar-refractivity contribution in [3.63, 3.8) is 0 Å². The Bertz CT molecular complexity index is 898. The summed E-state index contributed by atoms with van der Waals surface area (Å²) in [5.41, 5.74) is 0.895. The fourth-order valence-electron chi connectivity index (χ4n) is 4.37. The summed E-state index contributed by atoms with van der Waals surface area (Å²) in [4.78, 5) is 44.7. The highest BCUT2D eigenvalue weighted by atomic mass is 79.9. The van der Waals surface area contributed by atoms with Crippen molar-refractivity contribution in [3.8, 4) is 0 Å². The zero-order valence-electron chi connectivity index (χ0n) is 32.4. The van der Waals surface area contributed by atoms with E-state index in [-0.39, 0.29) is 28.9 Å². The molecule has 0 aliphatic heterocycles. The number of halogens is 2. The monoisotopic (exact) mass is 843 g/mol. The molecular weight excluding hydrogens is 772 g/mol. The van der Waals surface area contributed by atoms with E-state index in [4.69, 9.17) is 19.7 Å². The van der Waals surface area contributed by atoms with Gasteiger partial charge in [0.15, 0.2) is 0 Å². The first kappa shape index (κ1) is 55.0. The number of nitrogens with zero attached hydrogens (tertiary/aromatic N) is 2. The lowest BCUT2D eigenvalue weighted by molar-refractivity contribution is -0.890. The van der Waals surface area contributed by atoms with Gasteiger partial charge >= 0.3 is 23.9 Å². The van der Waals surface area contributed by atoms with E-state index in [9.17, 15) is 19.2 Å². The predicted molar refractivity (Wildman–Crippen MR) is 214 cm³/mol. The third-order valence-electron chi connectivity index (χ3n) is 7.58. The quantitative estimate of drug-likeness (QED) is 0.0249. The van der Waals surface area contributed by atoms with E-state index < -0.39 is 11.9 Å². The zero-order chi connectivity index (χ0) is 37.9. The molecule has 2 N–H and O–H groups in total. The Morgan fingerprint density at radius 3 is 1.28 bits per heavy atom. The van der Waals surface area contributed by atoms with Crippen molar-refractivity contribution in [1.29, 1.82) is 0 Å². The first-order valence-electron chi connectivity index (χ1n) is 18.2. The number of likely N-dealkylation sites (N-methyl/N-ethyl adjacent to an activating group) is 2. The summed E-state index contributed by atoms with van der Waals surface area (Å²) in [6, 6.07) is 0. The van der Waals surface area contributed by atoms with E-state index in [0.717, 1.165) is 61.6 Å². The lowest BCUT2D eigenvalue weighted by atomic mass is 10.1. The molecule has 0 aromatic rings. The molecule has 0 amide bonds. The van der Waals surface area contributed by atoms with Gasteiger partial charge in [0, 0.05) is 35.9 Å². The number of ether oxygens (including phenoxy) is 2. The second-order valence-corrected chi connectivity index (χ2v) is 14.4. The number of rotatable bonds is 29. The molecule has 0 heterocycles. The van der Waals surface area contributed by atoms with Gasteiger partial charge in [0.25, 0.3) is 0 Å². The summed E-state index contributed by atoms with van der Waals surface area (Å²) in [7, 11) is 8.18. The number of hydrogen-bond acceptors (Lipinski definition) is 7. The summed E-state index contributed by atoms with van der Waals surface area (Å²) < 4.78 is 10.8. The topological polar surface area (TPSA) is 130 Å². The van der Waals surface area contributed by atoms with Crippen LogP contribution in [0.3, 0.4) is 0 Å². The highest BCUT2D eigenvalue weighted by Crippen LogP contribution is 2.12. The van der Waals surface area contributed by atoms with Gasteiger partial charge in [0.2, 0.25) is 0 Å². The van der Waals surface area contributed by atoms with Crippen molar-refractivity contribution in [2.24, 2.45) is 0 Å². The number of unbranched alkanes of at least 4 members (excludes halogenated alkanes) is 14. The first-order chi connectivity index (χ1) is 23.1. The average molecular weight is 846 g/mol. The van der Waals surface area contributed by atoms with Crippen molar-refractivity contribution in [2.45, 2.75) is 129 Å². The van der Waals surface area contributed by atoms with Gasteiger partial charge in [-0.15, -0.1) is 17.0 Å². The molecule has 12 heteroatoms. The molecule has 0 rings (SSSR count). The standard InChI is InChI=1S/C19H35NO4.C11H21BrO2.C8H15NO2.BrH/c1-17(2)19(23)24-16-15-20(3,4)14-12-10-8-6-5-7-9-11-13-18(21)22;12-10-8-6-4-2-1-3-5-7-9-11(13)14;1-7(2)8(10)11-6-5-9(3)4;/h1,5-16H2,2-4H3;1-10H2,(H,13,14);1,5-6H2,2-4H3;1H/p+1. The van der Waals surface area contributed by atoms with Crippen molar-refractivity contribution in [1.82, 2.24) is 4.90 Å². The molecule has 50 heavy (non-hydrogen) atoms. The average Bonchev–Trinajstić information content (AvgIpc) is 3.01. The highest BCUT2D eigenvalue weighted by molar-refractivity contribution is 9.09. The van der Waals surface area contributed by atoms with E-state index in [2.05, 4.69) is 43.2 Å². The number of aliphatic carboxylic acids is 2. The van der Waals surface area contributed by atoms with Crippen molar-refractivity contribution in [3.05, 3.63) is 24.3 Å². The van der Waals surface area contributed by atoms with Crippen LogP contribution in [0.4, 0.5) is 0 Å². The summed E-state index contributed by atoms with van der Waals surface area (Å²) in [5.74, 6) is -1.97. The molecule has 0 aromatic heterocycles. The van der Waals surface area contributed by atoms with Crippen LogP contribution in [0, 0.1) is 0 Å². The largest absolute Gasteiger partial charge is 0.481 e. The van der Waals surface area contributed by atoms with Crippen LogP contribution in [0.1, 0.15) is 129 Å². The maximum atomic E-state index is 11.3. The number of carboxylic acid groups (broad SMARTS) is 2. The molecule has 0 unspecified atom stereocenters. The molecule has 0 saturated carbocycles. The Kier molecular flexibility index (Phi) is 42.3. The molecule has 0 aromatic carbocycles. The molecule has 10 nitrogen and oxygen atoms in total. The van der Waals surface area contributed by atoms with Crippen LogP contribution in [0.25, 0.3) is 0 Å². The Balaban J connectivity index is -0.000000345. The van der Waals surface area contributed by atoms with Gasteiger partial charge in [0.1, 0.15) is 19.8 Å². The number of carbonyl (C=O) groups is 4. The maximum absolute atomic E-state index is 11.3. The number of carboxylic acids is 2. The van der Waals surface area contributed by atoms with Gasteiger partial charge in [-0.2, -0.15) is 0 Å². The van der Waals surface area contributed by atoms with Crippen molar-refractivity contribution >= 4 is 56.8 Å². The second kappa shape index (κ2) is 38.5. The fraction of sp³-hybridized carbons (Fsp3) is 0.789. The number of alkyl halides is 1. The van der Waals surface area contributed by atoms with Crippen molar-refractivity contribution < 1.29 is 43.3 Å². The third kappa shape index (κ3) is 48.4. The molecule has 0 saturated heterocycles. The van der Waals surface area contributed by atoms with Gasteiger partial charge in [-0.05, 0) is 60.0 Å². The summed E-state index contributed by atoms with van der Waals surface area (Å²) >= 11 is 3.41. The zero-order valence-corrected chi connectivity index (χ0v) is 35.7. The SMILES string of the molecule is Br.C=C(C)C(=O)OCCN(C)C.C=C(C)C(=O)OCC[N+](C)(C)CCCCCCCCCCC(=O)O.O=C(O)CCCCCCCCCCBr. The molecule has 0 bridgehead atoms. The molecule has 0 aliphatic carbocycles. The van der Waals surface area contributed by atoms with Crippen LogP contribution in [-0.2, 0) is 28.7 Å². The summed E-state index contributed by atoms with van der Waals surface area (Å²) in [6.45, 7) is 13.9. The van der Waals surface area contributed by atoms with Gasteiger partial charge in [-0.25, -0.2) is 9.59 Å². The Morgan fingerprint density at radius 1 is 0.600 bits per heavy atom. The number of hydrogen-bond donors (Lipinski definition) is 2. The Morgan fingerprint density at radius 2 is 0.940 bits per heavy atom. The van der Waals surface area contributed by atoms with Crippen LogP contribution >= 0.6 is 32.9 Å². The molecule has 0 atom stereocenters. The number of quaternary nitrogens is 1. The third-order valence-corrected chi connectivity index (χ3v) is 8.14. The number of carbonyl (C=O) groups excluding carboxylic acids is 2. The van der Waals surface area contributed by atoms with E-state index in [1.54, 1.807) is 13.8 Å². The van der Waals surface area contributed by atoms with Gasteiger partial charge in [-0.1, -0.05) is 99.7 Å². The highest BCUT2D eigenvalue weighted by Gasteiger charge is 2.15. The van der Waals surface area contributed by atoms with Gasteiger partial charge < -0.3 is 29.1 Å².